The highest BCUT2D eigenvalue weighted by Gasteiger charge is 2.13. The summed E-state index contributed by atoms with van der Waals surface area (Å²) in [6.45, 7) is 19.9. The zero-order chi connectivity index (χ0) is 20.8. The lowest BCUT2D eigenvalue weighted by atomic mass is 10.4. The molecule has 0 aromatic carbocycles. The molecule has 0 unspecified atom stereocenters. The molecule has 0 N–H and O–H groups in total. The van der Waals surface area contributed by atoms with Crippen molar-refractivity contribution in [3.63, 3.8) is 0 Å². The van der Waals surface area contributed by atoms with E-state index < -0.39 is 16.1 Å². The second kappa shape index (κ2) is 14.1. The highest BCUT2D eigenvalue weighted by molar-refractivity contribution is 8.03. The Labute approximate surface area is 179 Å². The molecule has 0 aromatic rings. The molecule has 4 heteroatoms. The summed E-state index contributed by atoms with van der Waals surface area (Å²) < 4.78 is 0. The molecular weight excluding hydrogens is 397 g/mol. The first kappa shape index (κ1) is 26.0. The number of rotatable bonds is 9. The van der Waals surface area contributed by atoms with Gasteiger partial charge in [-0.15, -0.1) is 29.4 Å². The van der Waals surface area contributed by atoms with Gasteiger partial charge in [0.2, 0.25) is 0 Å². The maximum atomic E-state index is 3.60. The second-order valence-corrected chi connectivity index (χ2v) is 22.0. The summed E-state index contributed by atoms with van der Waals surface area (Å²) >= 11 is 3.69. The molecule has 0 saturated heterocycles. The van der Waals surface area contributed by atoms with Crippen LogP contribution in [0.15, 0.2) is 34.6 Å². The van der Waals surface area contributed by atoms with Crippen LogP contribution in [0.2, 0.25) is 51.4 Å². The Bertz CT molecular complexity index is 713. The van der Waals surface area contributed by atoms with Crippen LogP contribution < -0.4 is 0 Å². The van der Waals surface area contributed by atoms with Crippen LogP contribution in [0, 0.1) is 35.5 Å². The molecule has 0 saturated carbocycles. The van der Waals surface area contributed by atoms with E-state index in [1.807, 2.05) is 30.4 Å². The zero-order valence-electron chi connectivity index (χ0n) is 18.1. The van der Waals surface area contributed by atoms with Crippen LogP contribution in [0.25, 0.3) is 0 Å². The van der Waals surface area contributed by atoms with Gasteiger partial charge in [0, 0.05) is 16.1 Å². The molecule has 27 heavy (non-hydrogen) atoms. The lowest BCUT2D eigenvalue weighted by Crippen LogP contribution is -2.19. The SMILES string of the molecule is C=CC#CC#C/C(=C/C=C(/C#CC)SCC[Si](C)(C)C)SCC[Si](C)(C)C. The lowest BCUT2D eigenvalue weighted by Gasteiger charge is -2.15. The van der Waals surface area contributed by atoms with Gasteiger partial charge in [0.15, 0.2) is 0 Å². The van der Waals surface area contributed by atoms with Crippen LogP contribution >= 0.6 is 23.5 Å². The average molecular weight is 431 g/mol. The molecule has 0 aliphatic carbocycles. The summed E-state index contributed by atoms with van der Waals surface area (Å²) in [4.78, 5) is 2.19. The van der Waals surface area contributed by atoms with Gasteiger partial charge in [0.25, 0.3) is 0 Å². The fraction of sp³-hybridized carbons (Fsp3) is 0.478. The van der Waals surface area contributed by atoms with Gasteiger partial charge >= 0.3 is 0 Å². The Kier molecular flexibility index (Phi) is 13.6. The van der Waals surface area contributed by atoms with Gasteiger partial charge in [-0.2, -0.15) is 0 Å². The third-order valence-electron chi connectivity index (χ3n) is 3.28. The predicted octanol–water partition coefficient (Wildman–Crippen LogP) is 7.11. The molecule has 0 heterocycles. The van der Waals surface area contributed by atoms with Gasteiger partial charge < -0.3 is 0 Å². The van der Waals surface area contributed by atoms with Crippen molar-refractivity contribution >= 4 is 39.7 Å². The average Bonchev–Trinajstić information content (AvgIpc) is 2.53. The predicted molar refractivity (Wildman–Crippen MR) is 137 cm³/mol. The van der Waals surface area contributed by atoms with Crippen molar-refractivity contribution in [1.82, 2.24) is 0 Å². The van der Waals surface area contributed by atoms with E-state index >= 15 is 0 Å². The summed E-state index contributed by atoms with van der Waals surface area (Å²) in [5.41, 5.74) is 0. The fourth-order valence-electron chi connectivity index (χ4n) is 1.64. The first-order valence-electron chi connectivity index (χ1n) is 9.30. The number of hydrogen-bond acceptors (Lipinski definition) is 2. The summed E-state index contributed by atoms with van der Waals surface area (Å²) in [6, 6.07) is 2.59. The second-order valence-electron chi connectivity index (χ2n) is 8.48. The number of hydrogen-bond donors (Lipinski definition) is 0. The van der Waals surface area contributed by atoms with Gasteiger partial charge in [0.05, 0.1) is 9.81 Å². The van der Waals surface area contributed by atoms with Crippen LogP contribution in [0.4, 0.5) is 0 Å². The van der Waals surface area contributed by atoms with Gasteiger partial charge in [-0.3, -0.25) is 0 Å². The summed E-state index contributed by atoms with van der Waals surface area (Å²) in [6.07, 6.45) is 5.80. The smallest absolute Gasteiger partial charge is 0.0584 e. The highest BCUT2D eigenvalue weighted by atomic mass is 32.2. The molecule has 0 fully saturated rings. The molecule has 0 atom stereocenters. The lowest BCUT2D eigenvalue weighted by molar-refractivity contribution is 1.38. The Morgan fingerprint density at radius 1 is 0.815 bits per heavy atom. The van der Waals surface area contributed by atoms with E-state index in [0.717, 1.165) is 21.3 Å². The van der Waals surface area contributed by atoms with Crippen LogP contribution in [0.1, 0.15) is 6.92 Å². The van der Waals surface area contributed by atoms with E-state index in [2.05, 4.69) is 93.5 Å². The monoisotopic (exact) mass is 430 g/mol. The molecule has 0 rings (SSSR count). The van der Waals surface area contributed by atoms with Crippen molar-refractivity contribution in [3.05, 3.63) is 34.6 Å². The minimum Gasteiger partial charge on any atom is -0.117 e. The van der Waals surface area contributed by atoms with Crippen molar-refractivity contribution in [2.75, 3.05) is 11.5 Å². The number of allylic oxidation sites excluding steroid dienone is 5. The molecule has 0 spiro atoms. The minimum absolute atomic E-state index is 1.01. The van der Waals surface area contributed by atoms with Crippen molar-refractivity contribution in [2.45, 2.75) is 58.3 Å². The molecule has 0 nitrogen and oxygen atoms in total. The van der Waals surface area contributed by atoms with Crippen molar-refractivity contribution in [1.29, 1.82) is 0 Å². The highest BCUT2D eigenvalue weighted by Crippen LogP contribution is 2.23. The fourth-order valence-corrected chi connectivity index (χ4v) is 8.42. The molecule has 0 bridgehead atoms. The molecule has 0 aliphatic heterocycles. The Hall–Kier alpha value is -0.966. The first-order valence-corrected chi connectivity index (χ1v) is 18.7. The van der Waals surface area contributed by atoms with Crippen LogP contribution in [-0.4, -0.2) is 27.7 Å². The Morgan fingerprint density at radius 2 is 1.30 bits per heavy atom. The summed E-state index contributed by atoms with van der Waals surface area (Å²) in [5, 5.41) is 0. The quantitative estimate of drug-likeness (QED) is 0.217. The van der Waals surface area contributed by atoms with Crippen LogP contribution in [0.3, 0.4) is 0 Å². The first-order chi connectivity index (χ1) is 12.6. The Balaban J connectivity index is 5.24. The molecule has 0 amide bonds. The largest absolute Gasteiger partial charge is 0.117 e. The van der Waals surface area contributed by atoms with E-state index in [1.54, 1.807) is 6.08 Å². The van der Waals surface area contributed by atoms with Crippen LogP contribution in [0.5, 0.6) is 0 Å². The molecule has 0 aromatic heterocycles. The van der Waals surface area contributed by atoms with E-state index in [-0.39, 0.29) is 0 Å². The Morgan fingerprint density at radius 3 is 1.70 bits per heavy atom. The standard InChI is InChI=1S/C23H34S2Si2/c1-9-11-12-13-15-23(25-19-21-27(6,7)8)17-16-22(14-10-2)24-18-20-26(3,4)5/h9,16-17H,1,18-21H2,2-8H3/b22-16-,23-17-. The summed E-state index contributed by atoms with van der Waals surface area (Å²) in [7, 11) is -2.05. The van der Waals surface area contributed by atoms with E-state index in [1.165, 1.54) is 12.1 Å². The number of thioether (sulfide) groups is 2. The van der Waals surface area contributed by atoms with Gasteiger partial charge in [-0.1, -0.05) is 57.7 Å². The topological polar surface area (TPSA) is 0 Å². The molecular formula is C23H34S2Si2. The van der Waals surface area contributed by atoms with Gasteiger partial charge in [-0.25, -0.2) is 0 Å². The van der Waals surface area contributed by atoms with Crippen LogP contribution in [-0.2, 0) is 0 Å². The third kappa shape index (κ3) is 18.2. The van der Waals surface area contributed by atoms with Crippen molar-refractivity contribution in [2.24, 2.45) is 0 Å². The normalized spacial score (nSPS) is 12.1. The maximum absolute atomic E-state index is 3.60. The van der Waals surface area contributed by atoms with E-state index in [9.17, 15) is 0 Å². The third-order valence-corrected chi connectivity index (χ3v) is 9.42. The van der Waals surface area contributed by atoms with E-state index in [4.69, 9.17) is 0 Å². The molecule has 146 valence electrons. The molecule has 0 aliphatic rings. The van der Waals surface area contributed by atoms with Crippen molar-refractivity contribution in [3.8, 4) is 35.5 Å². The summed E-state index contributed by atoms with van der Waals surface area (Å²) in [5.74, 6) is 20.2. The maximum Gasteiger partial charge on any atom is 0.0584 e. The van der Waals surface area contributed by atoms with Crippen molar-refractivity contribution < 1.29 is 0 Å². The minimum atomic E-state index is -1.04. The zero-order valence-corrected chi connectivity index (χ0v) is 21.7. The van der Waals surface area contributed by atoms with Gasteiger partial charge in [0.1, 0.15) is 0 Å². The molecule has 0 radical (unpaired) electrons. The van der Waals surface area contributed by atoms with E-state index in [0.29, 0.717) is 0 Å². The van der Waals surface area contributed by atoms with Gasteiger partial charge in [-0.05, 0) is 66.5 Å².